The molecule has 2 aromatic carbocycles. The SMILES string of the molecule is CC(C)Oc1ccc(NC(=O)[C@H]2CC(=O)N(c3ccc(Br)cc3)C2)cc1. The van der Waals surface area contributed by atoms with Crippen LogP contribution in [-0.2, 0) is 9.59 Å². The second kappa shape index (κ2) is 7.91. The Morgan fingerprint density at radius 2 is 1.81 bits per heavy atom. The third kappa shape index (κ3) is 4.43. The molecule has 0 saturated carbocycles. The number of rotatable bonds is 5. The number of ether oxygens (including phenoxy) is 1. The number of benzene rings is 2. The average Bonchev–Trinajstić information content (AvgIpc) is 2.99. The zero-order chi connectivity index (χ0) is 18.7. The van der Waals surface area contributed by atoms with Crippen molar-refractivity contribution in [2.24, 2.45) is 5.92 Å². The van der Waals surface area contributed by atoms with Crippen molar-refractivity contribution in [2.75, 3.05) is 16.8 Å². The van der Waals surface area contributed by atoms with Crippen molar-refractivity contribution in [3.63, 3.8) is 0 Å². The van der Waals surface area contributed by atoms with E-state index >= 15 is 0 Å². The van der Waals surface area contributed by atoms with Gasteiger partial charge in [-0.05, 0) is 62.4 Å². The van der Waals surface area contributed by atoms with E-state index in [0.29, 0.717) is 12.2 Å². The topological polar surface area (TPSA) is 58.6 Å². The molecule has 136 valence electrons. The van der Waals surface area contributed by atoms with Gasteiger partial charge in [-0.3, -0.25) is 9.59 Å². The summed E-state index contributed by atoms with van der Waals surface area (Å²) in [5.41, 5.74) is 1.50. The molecule has 5 nitrogen and oxygen atoms in total. The quantitative estimate of drug-likeness (QED) is 0.793. The number of hydrogen-bond acceptors (Lipinski definition) is 3. The van der Waals surface area contributed by atoms with Crippen molar-refractivity contribution < 1.29 is 14.3 Å². The second-order valence-electron chi connectivity index (χ2n) is 6.56. The van der Waals surface area contributed by atoms with Gasteiger partial charge in [0.25, 0.3) is 0 Å². The maximum absolute atomic E-state index is 12.5. The van der Waals surface area contributed by atoms with Crippen LogP contribution in [0.5, 0.6) is 5.75 Å². The highest BCUT2D eigenvalue weighted by Crippen LogP contribution is 2.27. The molecule has 26 heavy (non-hydrogen) atoms. The van der Waals surface area contributed by atoms with Gasteiger partial charge >= 0.3 is 0 Å². The van der Waals surface area contributed by atoms with E-state index in [4.69, 9.17) is 4.74 Å². The summed E-state index contributed by atoms with van der Waals surface area (Å²) in [6.07, 6.45) is 0.320. The fraction of sp³-hybridized carbons (Fsp3) is 0.300. The Kier molecular flexibility index (Phi) is 5.61. The fourth-order valence-electron chi connectivity index (χ4n) is 2.89. The smallest absolute Gasteiger partial charge is 0.229 e. The van der Waals surface area contributed by atoms with E-state index in [2.05, 4.69) is 21.2 Å². The first-order valence-electron chi connectivity index (χ1n) is 8.56. The summed E-state index contributed by atoms with van der Waals surface area (Å²) >= 11 is 3.38. The van der Waals surface area contributed by atoms with E-state index in [0.717, 1.165) is 15.9 Å². The molecular weight excluding hydrogens is 396 g/mol. The monoisotopic (exact) mass is 416 g/mol. The molecule has 0 aliphatic carbocycles. The lowest BCUT2D eigenvalue weighted by Crippen LogP contribution is -2.28. The number of amides is 2. The Balaban J connectivity index is 1.62. The molecule has 2 amide bonds. The van der Waals surface area contributed by atoms with Crippen LogP contribution in [0.25, 0.3) is 0 Å². The number of carbonyl (C=O) groups is 2. The van der Waals surface area contributed by atoms with Crippen LogP contribution < -0.4 is 15.0 Å². The Morgan fingerprint density at radius 3 is 2.42 bits per heavy atom. The summed E-state index contributed by atoms with van der Waals surface area (Å²) in [6.45, 7) is 4.31. The second-order valence-corrected chi connectivity index (χ2v) is 7.48. The number of halogens is 1. The van der Waals surface area contributed by atoms with Crippen molar-refractivity contribution in [3.05, 3.63) is 53.0 Å². The number of nitrogens with zero attached hydrogens (tertiary/aromatic N) is 1. The van der Waals surface area contributed by atoms with Gasteiger partial charge in [-0.2, -0.15) is 0 Å². The standard InChI is InChI=1S/C20H21BrN2O3/c1-13(2)26-18-9-5-16(6-10-18)22-20(25)14-11-19(24)23(12-14)17-7-3-15(21)4-8-17/h3-10,13-14H,11-12H2,1-2H3,(H,22,25)/t14-/m0/s1. The van der Waals surface area contributed by atoms with E-state index in [9.17, 15) is 9.59 Å². The van der Waals surface area contributed by atoms with Gasteiger partial charge in [0.15, 0.2) is 0 Å². The fourth-order valence-corrected chi connectivity index (χ4v) is 3.15. The van der Waals surface area contributed by atoms with Crippen LogP contribution in [0.15, 0.2) is 53.0 Å². The van der Waals surface area contributed by atoms with E-state index in [1.54, 1.807) is 17.0 Å². The lowest BCUT2D eigenvalue weighted by atomic mass is 10.1. The predicted molar refractivity (Wildman–Crippen MR) is 105 cm³/mol. The molecule has 0 aromatic heterocycles. The summed E-state index contributed by atoms with van der Waals surface area (Å²) in [7, 11) is 0. The van der Waals surface area contributed by atoms with Gasteiger partial charge in [-0.15, -0.1) is 0 Å². The van der Waals surface area contributed by atoms with Crippen LogP contribution >= 0.6 is 15.9 Å². The Morgan fingerprint density at radius 1 is 1.15 bits per heavy atom. The molecule has 1 N–H and O–H groups in total. The third-order valence-corrected chi connectivity index (χ3v) is 4.66. The minimum absolute atomic E-state index is 0.0341. The highest BCUT2D eigenvalue weighted by atomic mass is 79.9. The Hall–Kier alpha value is -2.34. The van der Waals surface area contributed by atoms with Crippen LogP contribution in [0.2, 0.25) is 0 Å². The van der Waals surface area contributed by atoms with Gasteiger partial charge in [0, 0.05) is 28.8 Å². The number of carbonyl (C=O) groups excluding carboxylic acids is 2. The predicted octanol–water partition coefficient (Wildman–Crippen LogP) is 4.23. The van der Waals surface area contributed by atoms with Crippen molar-refractivity contribution in [2.45, 2.75) is 26.4 Å². The molecule has 6 heteroatoms. The first-order chi connectivity index (χ1) is 12.4. The van der Waals surface area contributed by atoms with E-state index in [-0.39, 0.29) is 30.3 Å². The lowest BCUT2D eigenvalue weighted by Gasteiger charge is -2.17. The molecule has 2 aromatic rings. The Bertz CT molecular complexity index is 788. The summed E-state index contributed by atoms with van der Waals surface area (Å²) in [6, 6.07) is 14.8. The minimum Gasteiger partial charge on any atom is -0.491 e. The number of hydrogen-bond donors (Lipinski definition) is 1. The van der Waals surface area contributed by atoms with E-state index in [1.165, 1.54) is 0 Å². The molecule has 1 fully saturated rings. The zero-order valence-electron chi connectivity index (χ0n) is 14.7. The molecule has 1 aliphatic rings. The molecule has 0 bridgehead atoms. The summed E-state index contributed by atoms with van der Waals surface area (Å²) in [4.78, 5) is 26.5. The first-order valence-corrected chi connectivity index (χ1v) is 9.35. The van der Waals surface area contributed by atoms with Gasteiger partial charge in [0.05, 0.1) is 12.0 Å². The normalized spacial score (nSPS) is 16.8. The summed E-state index contributed by atoms with van der Waals surface area (Å²) in [5.74, 6) is 0.219. The zero-order valence-corrected chi connectivity index (χ0v) is 16.3. The van der Waals surface area contributed by atoms with Crippen molar-refractivity contribution in [3.8, 4) is 5.75 Å². The lowest BCUT2D eigenvalue weighted by molar-refractivity contribution is -0.122. The number of nitrogens with one attached hydrogen (secondary N) is 1. The molecule has 1 aliphatic heterocycles. The molecule has 3 rings (SSSR count). The third-order valence-electron chi connectivity index (χ3n) is 4.13. The van der Waals surface area contributed by atoms with Crippen LogP contribution in [0.1, 0.15) is 20.3 Å². The largest absolute Gasteiger partial charge is 0.491 e. The molecule has 0 spiro atoms. The van der Waals surface area contributed by atoms with Crippen molar-refractivity contribution in [1.29, 1.82) is 0 Å². The molecule has 0 unspecified atom stereocenters. The van der Waals surface area contributed by atoms with Crippen LogP contribution in [0, 0.1) is 5.92 Å². The molecular formula is C20H21BrN2O3. The number of anilines is 2. The van der Waals surface area contributed by atoms with Crippen molar-refractivity contribution >= 4 is 39.1 Å². The van der Waals surface area contributed by atoms with Crippen molar-refractivity contribution in [1.82, 2.24) is 0 Å². The van der Waals surface area contributed by atoms with Gasteiger partial charge in [0.1, 0.15) is 5.75 Å². The van der Waals surface area contributed by atoms with E-state index < -0.39 is 0 Å². The van der Waals surface area contributed by atoms with Gasteiger partial charge < -0.3 is 15.0 Å². The van der Waals surface area contributed by atoms with Gasteiger partial charge in [-0.25, -0.2) is 0 Å². The highest BCUT2D eigenvalue weighted by Gasteiger charge is 2.35. The first kappa shape index (κ1) is 18.5. The Labute approximate surface area is 161 Å². The maximum atomic E-state index is 12.5. The van der Waals surface area contributed by atoms with Crippen LogP contribution in [-0.4, -0.2) is 24.5 Å². The van der Waals surface area contributed by atoms with Crippen LogP contribution in [0.3, 0.4) is 0 Å². The summed E-state index contributed by atoms with van der Waals surface area (Å²) < 4.78 is 6.54. The minimum atomic E-state index is -0.363. The summed E-state index contributed by atoms with van der Waals surface area (Å²) in [5, 5.41) is 2.89. The highest BCUT2D eigenvalue weighted by molar-refractivity contribution is 9.10. The molecule has 1 saturated heterocycles. The molecule has 1 atom stereocenters. The average molecular weight is 417 g/mol. The maximum Gasteiger partial charge on any atom is 0.229 e. The molecule has 1 heterocycles. The van der Waals surface area contributed by atoms with Gasteiger partial charge in [0.2, 0.25) is 11.8 Å². The van der Waals surface area contributed by atoms with Crippen LogP contribution in [0.4, 0.5) is 11.4 Å². The molecule has 0 radical (unpaired) electrons. The van der Waals surface area contributed by atoms with Gasteiger partial charge in [-0.1, -0.05) is 15.9 Å². The van der Waals surface area contributed by atoms with E-state index in [1.807, 2.05) is 50.2 Å².